The van der Waals surface area contributed by atoms with E-state index in [2.05, 4.69) is 10.2 Å². The molecule has 0 radical (unpaired) electrons. The van der Waals surface area contributed by atoms with Crippen LogP contribution in [0.3, 0.4) is 0 Å². The lowest BCUT2D eigenvalue weighted by Crippen LogP contribution is -2.46. The SMILES string of the molecule is NNC(=O)C(=O)NCCN1CCSCC1. The molecule has 4 N–H and O–H groups in total. The molecule has 1 rings (SSSR count). The minimum Gasteiger partial charge on any atom is -0.347 e. The fourth-order valence-corrected chi connectivity index (χ4v) is 2.28. The molecule has 1 heterocycles. The minimum absolute atomic E-state index is 0.483. The molecular weight excluding hydrogens is 216 g/mol. The molecule has 0 bridgehead atoms. The Labute approximate surface area is 92.9 Å². The van der Waals surface area contributed by atoms with Gasteiger partial charge in [-0.25, -0.2) is 5.84 Å². The highest BCUT2D eigenvalue weighted by atomic mass is 32.2. The van der Waals surface area contributed by atoms with E-state index in [1.807, 2.05) is 11.8 Å². The lowest BCUT2D eigenvalue weighted by atomic mass is 10.4. The number of carbonyl (C=O) groups excluding carboxylic acids is 2. The molecule has 6 nitrogen and oxygen atoms in total. The van der Waals surface area contributed by atoms with Crippen molar-refractivity contribution < 1.29 is 9.59 Å². The van der Waals surface area contributed by atoms with Crippen molar-refractivity contribution in [2.45, 2.75) is 0 Å². The quantitative estimate of drug-likeness (QED) is 0.230. The first kappa shape index (κ1) is 12.3. The van der Waals surface area contributed by atoms with Crippen LogP contribution in [0, 0.1) is 0 Å². The highest BCUT2D eigenvalue weighted by molar-refractivity contribution is 7.99. The fourth-order valence-electron chi connectivity index (χ4n) is 1.30. The second-order valence-electron chi connectivity index (χ2n) is 3.18. The van der Waals surface area contributed by atoms with E-state index in [4.69, 9.17) is 5.84 Å². The molecule has 7 heteroatoms. The third-order valence-corrected chi connectivity index (χ3v) is 3.10. The zero-order chi connectivity index (χ0) is 11.1. The number of nitrogens with one attached hydrogen (secondary N) is 2. The second kappa shape index (κ2) is 6.65. The Balaban J connectivity index is 2.09. The summed E-state index contributed by atoms with van der Waals surface area (Å²) in [5.41, 5.74) is 1.79. The number of thioether (sulfide) groups is 1. The van der Waals surface area contributed by atoms with Gasteiger partial charge in [-0.1, -0.05) is 0 Å². The van der Waals surface area contributed by atoms with E-state index >= 15 is 0 Å². The molecule has 1 aliphatic heterocycles. The van der Waals surface area contributed by atoms with Gasteiger partial charge in [-0.15, -0.1) is 0 Å². The van der Waals surface area contributed by atoms with Crippen molar-refractivity contribution in [3.05, 3.63) is 0 Å². The molecule has 1 saturated heterocycles. The van der Waals surface area contributed by atoms with E-state index in [0.717, 1.165) is 31.1 Å². The van der Waals surface area contributed by atoms with E-state index in [9.17, 15) is 9.59 Å². The molecule has 0 aromatic heterocycles. The predicted molar refractivity (Wildman–Crippen MR) is 59.1 cm³/mol. The maximum atomic E-state index is 11.0. The van der Waals surface area contributed by atoms with Crippen LogP contribution in [0.4, 0.5) is 0 Å². The molecule has 0 unspecified atom stereocenters. The molecule has 0 aromatic carbocycles. The summed E-state index contributed by atoms with van der Waals surface area (Å²) >= 11 is 1.94. The summed E-state index contributed by atoms with van der Waals surface area (Å²) in [5, 5.41) is 2.50. The molecule has 0 spiro atoms. The molecule has 0 aromatic rings. The standard InChI is InChI=1S/C8H16N4O2S/c9-11-8(14)7(13)10-1-2-12-3-5-15-6-4-12/h1-6,9H2,(H,10,13)(H,11,14). The molecule has 1 fully saturated rings. The van der Waals surface area contributed by atoms with Crippen molar-refractivity contribution >= 4 is 23.6 Å². The topological polar surface area (TPSA) is 87.5 Å². The van der Waals surface area contributed by atoms with Crippen molar-refractivity contribution in [1.82, 2.24) is 15.6 Å². The zero-order valence-corrected chi connectivity index (χ0v) is 9.31. The highest BCUT2D eigenvalue weighted by Crippen LogP contribution is 2.07. The summed E-state index contributed by atoms with van der Waals surface area (Å²) in [7, 11) is 0. The Bertz CT molecular complexity index is 231. The monoisotopic (exact) mass is 232 g/mol. The molecule has 0 aliphatic carbocycles. The first-order chi connectivity index (χ1) is 7.24. The van der Waals surface area contributed by atoms with Crippen LogP contribution in [-0.2, 0) is 9.59 Å². The van der Waals surface area contributed by atoms with Crippen LogP contribution in [0.5, 0.6) is 0 Å². The van der Waals surface area contributed by atoms with Gasteiger partial charge in [-0.05, 0) is 0 Å². The Hall–Kier alpha value is -0.790. The van der Waals surface area contributed by atoms with Gasteiger partial charge < -0.3 is 5.32 Å². The smallest absolute Gasteiger partial charge is 0.323 e. The third-order valence-electron chi connectivity index (χ3n) is 2.15. The maximum Gasteiger partial charge on any atom is 0.323 e. The summed E-state index contributed by atoms with van der Waals surface area (Å²) in [5.74, 6) is 5.61. The van der Waals surface area contributed by atoms with Crippen LogP contribution in [-0.4, -0.2) is 54.4 Å². The largest absolute Gasteiger partial charge is 0.347 e. The second-order valence-corrected chi connectivity index (χ2v) is 4.41. The number of hydrogen-bond donors (Lipinski definition) is 3. The zero-order valence-electron chi connectivity index (χ0n) is 8.49. The summed E-state index contributed by atoms with van der Waals surface area (Å²) in [6, 6.07) is 0. The number of hydrogen-bond acceptors (Lipinski definition) is 5. The van der Waals surface area contributed by atoms with E-state index in [1.165, 1.54) is 0 Å². The minimum atomic E-state index is -0.802. The van der Waals surface area contributed by atoms with Crippen molar-refractivity contribution in [2.75, 3.05) is 37.7 Å². The summed E-state index contributed by atoms with van der Waals surface area (Å²) in [4.78, 5) is 24.0. The van der Waals surface area contributed by atoms with Gasteiger partial charge in [0.2, 0.25) is 0 Å². The first-order valence-electron chi connectivity index (χ1n) is 4.83. The van der Waals surface area contributed by atoms with Gasteiger partial charge in [0, 0.05) is 37.7 Å². The molecule has 0 atom stereocenters. The van der Waals surface area contributed by atoms with E-state index in [1.54, 1.807) is 5.43 Å². The number of rotatable bonds is 3. The molecule has 1 aliphatic rings. The molecule has 2 amide bonds. The van der Waals surface area contributed by atoms with Gasteiger partial charge in [0.15, 0.2) is 0 Å². The lowest BCUT2D eigenvalue weighted by Gasteiger charge is -2.25. The molecular formula is C8H16N4O2S. The maximum absolute atomic E-state index is 11.0. The predicted octanol–water partition coefficient (Wildman–Crippen LogP) is -1.86. The number of nitrogens with zero attached hydrogens (tertiary/aromatic N) is 1. The van der Waals surface area contributed by atoms with Crippen LogP contribution in [0.2, 0.25) is 0 Å². The van der Waals surface area contributed by atoms with Crippen LogP contribution >= 0.6 is 11.8 Å². The van der Waals surface area contributed by atoms with Gasteiger partial charge in [0.25, 0.3) is 0 Å². The lowest BCUT2D eigenvalue weighted by molar-refractivity contribution is -0.139. The van der Waals surface area contributed by atoms with E-state index in [-0.39, 0.29) is 0 Å². The average Bonchev–Trinajstić information content (AvgIpc) is 2.29. The number of carbonyl (C=O) groups is 2. The summed E-state index contributed by atoms with van der Waals surface area (Å²) in [6.45, 7) is 3.36. The Morgan fingerprint density at radius 1 is 1.27 bits per heavy atom. The van der Waals surface area contributed by atoms with Crippen LogP contribution in [0.1, 0.15) is 0 Å². The Kier molecular flexibility index (Phi) is 5.44. The summed E-state index contributed by atoms with van der Waals surface area (Å²) < 4.78 is 0. The van der Waals surface area contributed by atoms with Crippen molar-refractivity contribution in [2.24, 2.45) is 5.84 Å². The van der Waals surface area contributed by atoms with Crippen LogP contribution in [0.25, 0.3) is 0 Å². The van der Waals surface area contributed by atoms with Crippen molar-refractivity contribution in [3.63, 3.8) is 0 Å². The Morgan fingerprint density at radius 3 is 2.53 bits per heavy atom. The molecule has 0 saturated carbocycles. The number of hydrazine groups is 1. The normalized spacial score (nSPS) is 17.1. The van der Waals surface area contributed by atoms with Gasteiger partial charge >= 0.3 is 11.8 Å². The van der Waals surface area contributed by atoms with E-state index < -0.39 is 11.8 Å². The third kappa shape index (κ3) is 4.50. The summed E-state index contributed by atoms with van der Waals surface area (Å²) in [6.07, 6.45) is 0. The van der Waals surface area contributed by atoms with Crippen LogP contribution < -0.4 is 16.6 Å². The highest BCUT2D eigenvalue weighted by Gasteiger charge is 2.13. The van der Waals surface area contributed by atoms with E-state index in [0.29, 0.717) is 6.54 Å². The van der Waals surface area contributed by atoms with Crippen molar-refractivity contribution in [3.8, 4) is 0 Å². The first-order valence-corrected chi connectivity index (χ1v) is 5.98. The molecule has 86 valence electrons. The average molecular weight is 232 g/mol. The molecule has 15 heavy (non-hydrogen) atoms. The van der Waals surface area contributed by atoms with Gasteiger partial charge in [-0.2, -0.15) is 11.8 Å². The number of nitrogens with two attached hydrogens (primary N) is 1. The van der Waals surface area contributed by atoms with Crippen molar-refractivity contribution in [1.29, 1.82) is 0 Å². The van der Waals surface area contributed by atoms with Gasteiger partial charge in [0.05, 0.1) is 0 Å². The van der Waals surface area contributed by atoms with Gasteiger partial charge in [-0.3, -0.25) is 19.9 Å². The van der Waals surface area contributed by atoms with Crippen LogP contribution in [0.15, 0.2) is 0 Å². The van der Waals surface area contributed by atoms with Gasteiger partial charge in [0.1, 0.15) is 0 Å². The fraction of sp³-hybridized carbons (Fsp3) is 0.750. The number of amides is 2. The Morgan fingerprint density at radius 2 is 1.93 bits per heavy atom.